The van der Waals surface area contributed by atoms with Gasteiger partial charge in [0.05, 0.1) is 12.0 Å². The summed E-state index contributed by atoms with van der Waals surface area (Å²) in [5.74, 6) is 2.70. The van der Waals surface area contributed by atoms with Crippen molar-refractivity contribution in [3.63, 3.8) is 0 Å². The molecule has 0 aliphatic carbocycles. The number of hydrogen-bond donors (Lipinski definition) is 1. The zero-order valence-corrected chi connectivity index (χ0v) is 20.6. The highest BCUT2D eigenvalue weighted by Gasteiger charge is 2.12. The van der Waals surface area contributed by atoms with Crippen molar-refractivity contribution in [1.29, 1.82) is 0 Å². The molecule has 0 radical (unpaired) electrons. The predicted molar refractivity (Wildman–Crippen MR) is 137 cm³/mol. The molecule has 1 aromatic carbocycles. The number of ether oxygens (including phenoxy) is 2. The monoisotopic (exact) mass is 476 g/mol. The zero-order chi connectivity index (χ0) is 24.7. The predicted octanol–water partition coefficient (Wildman–Crippen LogP) is 5.02. The molecule has 0 aliphatic rings. The Morgan fingerprint density at radius 2 is 2.00 bits per heavy atom. The van der Waals surface area contributed by atoms with Gasteiger partial charge in [-0.15, -0.1) is 21.5 Å². The molecule has 8 heteroatoms. The van der Waals surface area contributed by atoms with Crippen LogP contribution in [0.25, 0.3) is 17.4 Å². The Kier molecular flexibility index (Phi) is 8.21. The Bertz CT molecular complexity index is 1270. The number of aryl methyl sites for hydroxylation is 1. The Labute approximate surface area is 203 Å². The molecule has 0 saturated heterocycles. The van der Waals surface area contributed by atoms with Crippen LogP contribution < -0.4 is 10.1 Å². The first-order valence-electron chi connectivity index (χ1n) is 10.6. The summed E-state index contributed by atoms with van der Waals surface area (Å²) >= 11 is 1.39. The average Bonchev–Trinajstić information content (AvgIpc) is 3.47. The second kappa shape index (κ2) is 11.3. The van der Waals surface area contributed by atoms with Crippen molar-refractivity contribution in [3.05, 3.63) is 94.2 Å². The van der Waals surface area contributed by atoms with Crippen molar-refractivity contribution in [2.45, 2.75) is 13.5 Å². The summed E-state index contributed by atoms with van der Waals surface area (Å²) in [6, 6.07) is 9.48. The van der Waals surface area contributed by atoms with Gasteiger partial charge in [0.25, 0.3) is 5.91 Å². The lowest BCUT2D eigenvalue weighted by molar-refractivity contribution is 0.0967. The van der Waals surface area contributed by atoms with Gasteiger partial charge >= 0.3 is 0 Å². The molecule has 2 aromatic heterocycles. The third-order valence-electron chi connectivity index (χ3n) is 5.13. The molecular formula is C26H28N4O3S. The molecule has 1 N–H and O–H groups in total. The maximum Gasteiger partial charge on any atom is 0.261 e. The summed E-state index contributed by atoms with van der Waals surface area (Å²) in [5, 5.41) is 11.1. The van der Waals surface area contributed by atoms with Gasteiger partial charge in [0.1, 0.15) is 18.1 Å². The van der Waals surface area contributed by atoms with E-state index >= 15 is 0 Å². The van der Waals surface area contributed by atoms with Gasteiger partial charge in [0, 0.05) is 24.5 Å². The van der Waals surface area contributed by atoms with E-state index in [-0.39, 0.29) is 12.5 Å². The molecule has 3 rings (SSSR count). The van der Waals surface area contributed by atoms with Crippen LogP contribution in [0.2, 0.25) is 0 Å². The van der Waals surface area contributed by atoms with Crippen LogP contribution in [0, 0.1) is 6.92 Å². The number of aromatic nitrogens is 3. The fourth-order valence-corrected chi connectivity index (χ4v) is 4.07. The lowest BCUT2D eigenvalue weighted by Crippen LogP contribution is -2.15. The lowest BCUT2D eigenvalue weighted by Gasteiger charge is -2.13. The quantitative estimate of drug-likeness (QED) is 0.328. The van der Waals surface area contributed by atoms with Gasteiger partial charge in [-0.1, -0.05) is 25.3 Å². The third kappa shape index (κ3) is 5.71. The molecule has 176 valence electrons. The normalized spacial score (nSPS) is 11.5. The summed E-state index contributed by atoms with van der Waals surface area (Å²) in [6.07, 6.45) is 7.21. The highest BCUT2D eigenvalue weighted by atomic mass is 32.1. The summed E-state index contributed by atoms with van der Waals surface area (Å²) in [7, 11) is 5.13. The molecule has 0 atom stereocenters. The first-order chi connectivity index (χ1) is 16.4. The third-order valence-corrected chi connectivity index (χ3v) is 6.29. The second-order valence-corrected chi connectivity index (χ2v) is 8.45. The summed E-state index contributed by atoms with van der Waals surface area (Å²) < 4.78 is 13.2. The number of benzene rings is 1. The minimum atomic E-state index is -0.110. The second-order valence-electron chi connectivity index (χ2n) is 7.37. The minimum Gasteiger partial charge on any atom is -0.497 e. The molecule has 0 bridgehead atoms. The average molecular weight is 477 g/mol. The number of amides is 1. The summed E-state index contributed by atoms with van der Waals surface area (Å²) in [4.78, 5) is 13.3. The summed E-state index contributed by atoms with van der Waals surface area (Å²) in [5.41, 5.74) is 2.76. The number of rotatable bonds is 10. The molecule has 0 fully saturated rings. The van der Waals surface area contributed by atoms with Crippen LogP contribution in [0.1, 0.15) is 37.3 Å². The fraction of sp³-hybridized carbons (Fsp3) is 0.192. The van der Waals surface area contributed by atoms with E-state index in [0.717, 1.165) is 27.3 Å². The molecule has 2 heterocycles. The van der Waals surface area contributed by atoms with Crippen molar-refractivity contribution in [1.82, 2.24) is 20.1 Å². The topological polar surface area (TPSA) is 78.3 Å². The van der Waals surface area contributed by atoms with Crippen LogP contribution in [0.3, 0.4) is 0 Å². The number of carbonyl (C=O) groups is 1. The van der Waals surface area contributed by atoms with Crippen molar-refractivity contribution < 1.29 is 14.3 Å². The fourth-order valence-electron chi connectivity index (χ4n) is 3.16. The SMILES string of the molecule is C=C/C=C(/OCc1nnc(/C=C\C(=C)c2ccc(C(=O)NC)s2)n1C)c1ccc(OC)cc1C. The summed E-state index contributed by atoms with van der Waals surface area (Å²) in [6.45, 7) is 10.1. The largest absolute Gasteiger partial charge is 0.497 e. The van der Waals surface area contributed by atoms with Crippen LogP contribution >= 0.6 is 11.3 Å². The molecule has 34 heavy (non-hydrogen) atoms. The lowest BCUT2D eigenvalue weighted by atomic mass is 10.1. The van der Waals surface area contributed by atoms with Crippen LogP contribution in [-0.2, 0) is 18.4 Å². The van der Waals surface area contributed by atoms with E-state index in [2.05, 4.69) is 28.7 Å². The Hall–Kier alpha value is -3.91. The van der Waals surface area contributed by atoms with Gasteiger partial charge in [-0.25, -0.2) is 0 Å². The number of nitrogens with zero attached hydrogens (tertiary/aromatic N) is 3. The van der Waals surface area contributed by atoms with Crippen molar-refractivity contribution >= 4 is 34.7 Å². The molecule has 1 amide bonds. The van der Waals surface area contributed by atoms with Crippen molar-refractivity contribution in [2.75, 3.05) is 14.2 Å². The zero-order valence-electron chi connectivity index (χ0n) is 19.8. The molecule has 0 aliphatic heterocycles. The van der Waals surface area contributed by atoms with Gasteiger partial charge < -0.3 is 19.4 Å². The first kappa shape index (κ1) is 24.7. The maximum absolute atomic E-state index is 11.8. The van der Waals surface area contributed by atoms with Crippen LogP contribution in [0.15, 0.2) is 61.7 Å². The van der Waals surface area contributed by atoms with Crippen LogP contribution in [0.4, 0.5) is 0 Å². The van der Waals surface area contributed by atoms with E-state index in [4.69, 9.17) is 9.47 Å². The van der Waals surface area contributed by atoms with Crippen LogP contribution in [0.5, 0.6) is 5.75 Å². The van der Waals surface area contributed by atoms with Gasteiger partial charge in [0.2, 0.25) is 0 Å². The van der Waals surface area contributed by atoms with Gasteiger partial charge in [0.15, 0.2) is 11.6 Å². The molecular weight excluding hydrogens is 448 g/mol. The molecule has 7 nitrogen and oxygen atoms in total. The number of allylic oxidation sites excluding steroid dienone is 4. The highest BCUT2D eigenvalue weighted by Crippen LogP contribution is 2.26. The maximum atomic E-state index is 11.8. The molecule has 3 aromatic rings. The van der Waals surface area contributed by atoms with E-state index in [1.165, 1.54) is 11.3 Å². The van der Waals surface area contributed by atoms with E-state index in [1.807, 2.05) is 61.0 Å². The van der Waals surface area contributed by atoms with Crippen molar-refractivity contribution in [2.24, 2.45) is 7.05 Å². The number of carbonyl (C=O) groups excluding carboxylic acids is 1. The molecule has 0 saturated carbocycles. The van der Waals surface area contributed by atoms with Gasteiger partial charge in [-0.2, -0.15) is 0 Å². The van der Waals surface area contributed by atoms with Gasteiger partial charge in [-0.05, 0) is 60.5 Å². The Balaban J connectivity index is 1.70. The number of thiophene rings is 1. The number of hydrogen-bond acceptors (Lipinski definition) is 6. The van der Waals surface area contributed by atoms with E-state index in [9.17, 15) is 4.79 Å². The molecule has 0 spiro atoms. The van der Waals surface area contributed by atoms with E-state index in [0.29, 0.717) is 22.3 Å². The van der Waals surface area contributed by atoms with E-state index in [1.54, 1.807) is 26.3 Å². The first-order valence-corrected chi connectivity index (χ1v) is 11.4. The highest BCUT2D eigenvalue weighted by molar-refractivity contribution is 7.15. The van der Waals surface area contributed by atoms with Crippen LogP contribution in [-0.4, -0.2) is 34.8 Å². The Morgan fingerprint density at radius 3 is 2.68 bits per heavy atom. The minimum absolute atomic E-state index is 0.110. The number of nitrogens with one attached hydrogen (secondary N) is 1. The van der Waals surface area contributed by atoms with E-state index < -0.39 is 0 Å². The standard InChI is InChI=1S/C26H28N4O3S/c1-7-8-21(20-11-10-19(32-6)15-18(20)3)33-16-25-29-28-24(30(25)5)14-9-17(2)22-12-13-23(34-22)26(31)27-4/h7-15H,1-2,16H2,3-6H3,(H,27,31)/b14-9-,21-8+. The number of methoxy groups -OCH3 is 1. The smallest absolute Gasteiger partial charge is 0.261 e. The van der Waals surface area contributed by atoms with Crippen molar-refractivity contribution in [3.8, 4) is 5.75 Å². The molecule has 0 unspecified atom stereocenters. The Morgan fingerprint density at radius 1 is 1.24 bits per heavy atom. The van der Waals surface area contributed by atoms with Gasteiger partial charge in [-0.3, -0.25) is 4.79 Å².